The number of amides is 1. The third kappa shape index (κ3) is 2.56. The molecule has 110 valence electrons. The molecule has 1 fully saturated rings. The molecule has 6 heteroatoms. The maximum Gasteiger partial charge on any atom is 0.339 e. The molecule has 1 saturated heterocycles. The van der Waals surface area contributed by atoms with Gasteiger partial charge in [-0.25, -0.2) is 4.79 Å². The van der Waals surface area contributed by atoms with Gasteiger partial charge in [0.25, 0.3) is 5.91 Å². The second-order valence-corrected chi connectivity index (χ2v) is 4.73. The van der Waals surface area contributed by atoms with E-state index in [2.05, 4.69) is 4.98 Å². The van der Waals surface area contributed by atoms with Gasteiger partial charge in [-0.1, -0.05) is 6.92 Å². The summed E-state index contributed by atoms with van der Waals surface area (Å²) in [6.07, 6.45) is 0.641. The Balaban J connectivity index is 2.34. The molecule has 0 bridgehead atoms. The molecule has 0 aliphatic carbocycles. The Labute approximate surface area is 118 Å². The molecule has 1 N–H and O–H groups in total. The summed E-state index contributed by atoms with van der Waals surface area (Å²) in [7, 11) is 1.34. The molecule has 0 atom stereocenters. The zero-order valence-corrected chi connectivity index (χ0v) is 12.1. The zero-order valence-electron chi connectivity index (χ0n) is 12.1. The Morgan fingerprint density at radius 1 is 1.35 bits per heavy atom. The quantitative estimate of drug-likeness (QED) is 0.843. The van der Waals surface area contributed by atoms with E-state index in [1.807, 2.05) is 6.92 Å². The van der Waals surface area contributed by atoms with Gasteiger partial charge >= 0.3 is 5.97 Å². The second-order valence-electron chi connectivity index (χ2n) is 4.73. The summed E-state index contributed by atoms with van der Waals surface area (Å²) in [5.74, 6) is -0.493. The number of nitrogens with one attached hydrogen (secondary N) is 1. The molecular formula is C14H20N2O4. The predicted octanol–water partition coefficient (Wildman–Crippen LogP) is 1.14. The van der Waals surface area contributed by atoms with Crippen LogP contribution in [-0.4, -0.2) is 55.2 Å². The highest BCUT2D eigenvalue weighted by molar-refractivity contribution is 6.00. The number of nitrogens with zero attached hydrogens (tertiary/aromatic N) is 1. The summed E-state index contributed by atoms with van der Waals surface area (Å²) in [6, 6.07) is 0. The third-order valence-corrected chi connectivity index (χ3v) is 3.58. The van der Waals surface area contributed by atoms with Crippen LogP contribution in [0.5, 0.6) is 0 Å². The van der Waals surface area contributed by atoms with Crippen molar-refractivity contribution in [3.05, 3.63) is 22.5 Å². The molecular weight excluding hydrogens is 260 g/mol. The number of esters is 1. The number of hydrogen-bond donors (Lipinski definition) is 1. The number of hydrogen-bond acceptors (Lipinski definition) is 4. The highest BCUT2D eigenvalue weighted by Crippen LogP contribution is 2.21. The lowest BCUT2D eigenvalue weighted by Crippen LogP contribution is -2.41. The number of aromatic nitrogens is 1. The van der Waals surface area contributed by atoms with Crippen LogP contribution in [0.1, 0.15) is 39.0 Å². The van der Waals surface area contributed by atoms with Crippen molar-refractivity contribution in [2.24, 2.45) is 0 Å². The van der Waals surface area contributed by atoms with Crippen LogP contribution in [0.3, 0.4) is 0 Å². The third-order valence-electron chi connectivity index (χ3n) is 3.58. The van der Waals surface area contributed by atoms with Gasteiger partial charge in [-0.05, 0) is 18.9 Å². The number of morpholine rings is 1. The van der Waals surface area contributed by atoms with Gasteiger partial charge in [0.15, 0.2) is 0 Å². The first-order valence-electron chi connectivity index (χ1n) is 6.76. The van der Waals surface area contributed by atoms with E-state index in [-0.39, 0.29) is 5.91 Å². The number of ether oxygens (including phenoxy) is 2. The molecule has 0 aromatic carbocycles. The number of H-pyrrole nitrogens is 1. The fourth-order valence-electron chi connectivity index (χ4n) is 2.44. The first-order valence-corrected chi connectivity index (χ1v) is 6.76. The smallest absolute Gasteiger partial charge is 0.339 e. The summed E-state index contributed by atoms with van der Waals surface area (Å²) in [6.45, 7) is 5.96. The van der Waals surface area contributed by atoms with E-state index in [1.54, 1.807) is 11.8 Å². The topological polar surface area (TPSA) is 71.6 Å². The highest BCUT2D eigenvalue weighted by Gasteiger charge is 2.27. The van der Waals surface area contributed by atoms with E-state index in [0.717, 1.165) is 5.69 Å². The van der Waals surface area contributed by atoms with Crippen LogP contribution in [0.4, 0.5) is 0 Å². The van der Waals surface area contributed by atoms with Crippen LogP contribution in [0.2, 0.25) is 0 Å². The van der Waals surface area contributed by atoms with Crippen molar-refractivity contribution in [1.29, 1.82) is 0 Å². The normalized spacial score (nSPS) is 15.2. The first-order chi connectivity index (χ1) is 9.60. The van der Waals surface area contributed by atoms with E-state index >= 15 is 0 Å². The molecule has 1 aromatic rings. The summed E-state index contributed by atoms with van der Waals surface area (Å²) in [5.41, 5.74) is 2.35. The maximum atomic E-state index is 12.5. The van der Waals surface area contributed by atoms with E-state index in [0.29, 0.717) is 49.5 Å². The average molecular weight is 280 g/mol. The fourth-order valence-corrected chi connectivity index (χ4v) is 2.44. The lowest BCUT2D eigenvalue weighted by Gasteiger charge is -2.26. The minimum Gasteiger partial charge on any atom is -0.465 e. The van der Waals surface area contributed by atoms with Crippen LogP contribution in [-0.2, 0) is 15.9 Å². The molecule has 1 amide bonds. The van der Waals surface area contributed by atoms with Crippen molar-refractivity contribution in [3.63, 3.8) is 0 Å². The van der Waals surface area contributed by atoms with Crippen LogP contribution >= 0.6 is 0 Å². The fraction of sp³-hybridized carbons (Fsp3) is 0.571. The van der Waals surface area contributed by atoms with Gasteiger partial charge in [-0.3, -0.25) is 4.79 Å². The largest absolute Gasteiger partial charge is 0.465 e. The van der Waals surface area contributed by atoms with Crippen molar-refractivity contribution in [2.45, 2.75) is 20.3 Å². The Hall–Kier alpha value is -1.82. The van der Waals surface area contributed by atoms with E-state index in [4.69, 9.17) is 9.47 Å². The summed E-state index contributed by atoms with van der Waals surface area (Å²) >= 11 is 0. The Kier molecular flexibility index (Phi) is 4.44. The molecule has 0 spiro atoms. The Morgan fingerprint density at radius 2 is 2.00 bits per heavy atom. The van der Waals surface area contributed by atoms with Gasteiger partial charge in [0.05, 0.1) is 25.9 Å². The molecule has 6 nitrogen and oxygen atoms in total. The minimum absolute atomic E-state index is 0.0874. The van der Waals surface area contributed by atoms with Crippen molar-refractivity contribution in [2.75, 3.05) is 33.4 Å². The van der Waals surface area contributed by atoms with Gasteiger partial charge in [-0.15, -0.1) is 0 Å². The van der Waals surface area contributed by atoms with Crippen molar-refractivity contribution >= 4 is 11.9 Å². The van der Waals surface area contributed by atoms with E-state index in [1.165, 1.54) is 7.11 Å². The highest BCUT2D eigenvalue weighted by atomic mass is 16.5. The van der Waals surface area contributed by atoms with Gasteiger partial charge in [0.1, 0.15) is 5.69 Å². The molecule has 0 radical (unpaired) electrons. The molecule has 0 saturated carbocycles. The first kappa shape index (κ1) is 14.6. The standard InChI is InChI=1S/C14H20N2O4/c1-4-10-11(14(18)19-3)9(2)12(15-10)13(17)16-5-7-20-8-6-16/h15H,4-8H2,1-3H3. The van der Waals surface area contributed by atoms with E-state index in [9.17, 15) is 9.59 Å². The lowest BCUT2D eigenvalue weighted by atomic mass is 10.1. The van der Waals surface area contributed by atoms with Gasteiger partial charge < -0.3 is 19.4 Å². The van der Waals surface area contributed by atoms with Gasteiger partial charge in [0, 0.05) is 18.8 Å². The summed E-state index contributed by atoms with van der Waals surface area (Å²) < 4.78 is 10.0. The molecule has 20 heavy (non-hydrogen) atoms. The number of carbonyl (C=O) groups excluding carboxylic acids is 2. The average Bonchev–Trinajstić information content (AvgIpc) is 2.83. The molecule has 0 unspecified atom stereocenters. The SMILES string of the molecule is CCc1[nH]c(C(=O)N2CCOCC2)c(C)c1C(=O)OC. The van der Waals surface area contributed by atoms with E-state index < -0.39 is 5.97 Å². The van der Waals surface area contributed by atoms with Crippen LogP contribution in [0, 0.1) is 6.92 Å². The Bertz CT molecular complexity index is 515. The zero-order chi connectivity index (χ0) is 14.7. The summed E-state index contributed by atoms with van der Waals surface area (Å²) in [4.78, 5) is 29.2. The number of aromatic amines is 1. The molecule has 2 heterocycles. The molecule has 1 aliphatic heterocycles. The number of carbonyl (C=O) groups is 2. The molecule has 1 aliphatic rings. The summed E-state index contributed by atoms with van der Waals surface area (Å²) in [5, 5.41) is 0. The maximum absolute atomic E-state index is 12.5. The molecule has 2 rings (SSSR count). The van der Waals surface area contributed by atoms with Crippen LogP contribution in [0.15, 0.2) is 0 Å². The van der Waals surface area contributed by atoms with Gasteiger partial charge in [0.2, 0.25) is 0 Å². The van der Waals surface area contributed by atoms with Crippen molar-refractivity contribution in [3.8, 4) is 0 Å². The van der Waals surface area contributed by atoms with Crippen LogP contribution in [0.25, 0.3) is 0 Å². The second kappa shape index (κ2) is 6.09. The monoisotopic (exact) mass is 280 g/mol. The Morgan fingerprint density at radius 3 is 2.55 bits per heavy atom. The number of rotatable bonds is 3. The van der Waals surface area contributed by atoms with Crippen molar-refractivity contribution < 1.29 is 19.1 Å². The van der Waals surface area contributed by atoms with Crippen LogP contribution < -0.4 is 0 Å². The van der Waals surface area contributed by atoms with Gasteiger partial charge in [-0.2, -0.15) is 0 Å². The lowest BCUT2D eigenvalue weighted by molar-refractivity contribution is 0.0299. The predicted molar refractivity (Wildman–Crippen MR) is 73.0 cm³/mol. The number of aryl methyl sites for hydroxylation is 1. The molecule has 1 aromatic heterocycles. The minimum atomic E-state index is -0.406. The number of methoxy groups -OCH3 is 1. The van der Waals surface area contributed by atoms with Crippen molar-refractivity contribution in [1.82, 2.24) is 9.88 Å².